The van der Waals surface area contributed by atoms with Gasteiger partial charge in [-0.3, -0.25) is 14.4 Å². The highest BCUT2D eigenvalue weighted by molar-refractivity contribution is 5.94. The predicted octanol–water partition coefficient (Wildman–Crippen LogP) is 1.41. The summed E-state index contributed by atoms with van der Waals surface area (Å²) in [5, 5.41) is 10.5. The normalized spacial score (nSPS) is 18.5. The Labute approximate surface area is 142 Å². The van der Waals surface area contributed by atoms with Crippen molar-refractivity contribution in [2.75, 3.05) is 26.7 Å². The maximum atomic E-state index is 11.9. The molecule has 0 aliphatic carbocycles. The van der Waals surface area contributed by atoms with E-state index in [0.717, 1.165) is 32.7 Å². The number of aromatic nitrogens is 2. The monoisotopic (exact) mass is 327 g/mol. The Morgan fingerprint density at radius 2 is 2.33 bits per heavy atom. The Kier molecular flexibility index (Phi) is 5.27. The Morgan fingerprint density at radius 3 is 3.08 bits per heavy atom. The third-order valence-corrected chi connectivity index (χ3v) is 4.51. The van der Waals surface area contributed by atoms with Crippen LogP contribution in [-0.4, -0.2) is 47.3 Å². The summed E-state index contributed by atoms with van der Waals surface area (Å²) in [5.41, 5.74) is 3.11. The number of nitrogens with one attached hydrogen (secondary N) is 2. The number of hydrogen-bond acceptors (Lipinski definition) is 4. The summed E-state index contributed by atoms with van der Waals surface area (Å²) in [5.74, 6) is -0.0450. The van der Waals surface area contributed by atoms with Crippen LogP contribution in [0.15, 0.2) is 36.7 Å². The van der Waals surface area contributed by atoms with E-state index in [9.17, 15) is 4.79 Å². The largest absolute Gasteiger partial charge is 0.355 e. The molecule has 1 aromatic carbocycles. The van der Waals surface area contributed by atoms with Crippen LogP contribution in [0.25, 0.3) is 0 Å². The Balaban J connectivity index is 1.80. The minimum absolute atomic E-state index is 0.0450. The average molecular weight is 327 g/mol. The van der Waals surface area contributed by atoms with E-state index in [1.54, 1.807) is 7.05 Å². The van der Waals surface area contributed by atoms with Gasteiger partial charge in [-0.2, -0.15) is 5.10 Å². The molecule has 2 aromatic rings. The molecule has 3 rings (SSSR count). The number of carbonyl (C=O) groups excluding carboxylic acids is 1. The van der Waals surface area contributed by atoms with Gasteiger partial charge in [0.2, 0.25) is 0 Å². The fourth-order valence-electron chi connectivity index (χ4n) is 3.19. The van der Waals surface area contributed by atoms with Crippen LogP contribution in [0.3, 0.4) is 0 Å². The lowest BCUT2D eigenvalue weighted by Crippen LogP contribution is -2.45. The van der Waals surface area contributed by atoms with E-state index in [2.05, 4.69) is 39.8 Å². The average Bonchev–Trinajstić information content (AvgIpc) is 3.09. The van der Waals surface area contributed by atoms with Crippen molar-refractivity contribution in [3.63, 3.8) is 0 Å². The van der Waals surface area contributed by atoms with Gasteiger partial charge in [-0.05, 0) is 24.6 Å². The van der Waals surface area contributed by atoms with E-state index in [4.69, 9.17) is 0 Å². The molecule has 1 aliphatic heterocycles. The molecule has 6 heteroatoms. The molecule has 128 valence electrons. The second-order valence-corrected chi connectivity index (χ2v) is 6.10. The van der Waals surface area contributed by atoms with E-state index in [0.29, 0.717) is 5.56 Å². The summed E-state index contributed by atoms with van der Waals surface area (Å²) in [6.45, 7) is 6.70. The number of carbonyl (C=O) groups is 1. The molecule has 0 saturated carbocycles. The smallest absolute Gasteiger partial charge is 0.251 e. The third-order valence-electron chi connectivity index (χ3n) is 4.51. The van der Waals surface area contributed by atoms with Crippen molar-refractivity contribution in [3.05, 3.63) is 53.3 Å². The molecule has 1 aromatic heterocycles. The summed E-state index contributed by atoms with van der Waals surface area (Å²) in [6.07, 6.45) is 4.06. The van der Waals surface area contributed by atoms with E-state index in [-0.39, 0.29) is 11.9 Å². The van der Waals surface area contributed by atoms with Gasteiger partial charge in [0.25, 0.3) is 5.91 Å². The number of aryl methyl sites for hydroxylation is 1. The molecule has 6 nitrogen and oxygen atoms in total. The quantitative estimate of drug-likeness (QED) is 0.872. The van der Waals surface area contributed by atoms with Crippen LogP contribution in [0.4, 0.5) is 0 Å². The zero-order valence-electron chi connectivity index (χ0n) is 14.3. The maximum absolute atomic E-state index is 11.9. The second kappa shape index (κ2) is 7.59. The number of nitrogens with zero attached hydrogens (tertiary/aromatic N) is 3. The minimum atomic E-state index is -0.0450. The first kappa shape index (κ1) is 16.7. The number of benzene rings is 1. The Hall–Kier alpha value is -2.18. The lowest BCUT2D eigenvalue weighted by atomic mass is 10.00. The highest BCUT2D eigenvalue weighted by Crippen LogP contribution is 2.25. The summed E-state index contributed by atoms with van der Waals surface area (Å²) >= 11 is 0. The summed E-state index contributed by atoms with van der Waals surface area (Å²) in [7, 11) is 1.66. The van der Waals surface area contributed by atoms with Gasteiger partial charge >= 0.3 is 0 Å². The van der Waals surface area contributed by atoms with E-state index in [1.165, 1.54) is 11.1 Å². The van der Waals surface area contributed by atoms with Gasteiger partial charge in [0, 0.05) is 63.1 Å². The number of piperazine rings is 1. The van der Waals surface area contributed by atoms with Crippen molar-refractivity contribution in [3.8, 4) is 0 Å². The van der Waals surface area contributed by atoms with Gasteiger partial charge in [-0.25, -0.2) is 0 Å². The van der Waals surface area contributed by atoms with Crippen LogP contribution in [-0.2, 0) is 13.1 Å². The van der Waals surface area contributed by atoms with Crippen molar-refractivity contribution in [1.82, 2.24) is 25.3 Å². The molecule has 0 radical (unpaired) electrons. The topological polar surface area (TPSA) is 62.2 Å². The van der Waals surface area contributed by atoms with Crippen LogP contribution in [0.1, 0.15) is 34.5 Å². The molecule has 1 amide bonds. The fourth-order valence-corrected chi connectivity index (χ4v) is 3.19. The van der Waals surface area contributed by atoms with Crippen molar-refractivity contribution in [1.29, 1.82) is 0 Å². The minimum Gasteiger partial charge on any atom is -0.355 e. The summed E-state index contributed by atoms with van der Waals surface area (Å²) < 4.78 is 1.96. The van der Waals surface area contributed by atoms with Crippen LogP contribution in [0.5, 0.6) is 0 Å². The number of hydrogen-bond donors (Lipinski definition) is 2. The standard InChI is InChI=1S/C18H25N5O/c1-3-23-13-14(10-21-23)12-22-8-7-20-11-17(22)15-5-4-6-16(9-15)18(24)19-2/h4-6,9-10,13,17,20H,3,7-8,11-12H2,1-2H3,(H,19,24)/t17-/m1/s1. The Bertz CT molecular complexity index is 696. The molecule has 0 unspecified atom stereocenters. The van der Waals surface area contributed by atoms with Crippen molar-refractivity contribution in [2.24, 2.45) is 0 Å². The molecule has 1 atom stereocenters. The van der Waals surface area contributed by atoms with Gasteiger partial charge in [0.1, 0.15) is 0 Å². The lowest BCUT2D eigenvalue weighted by Gasteiger charge is -2.36. The summed E-state index contributed by atoms with van der Waals surface area (Å²) in [4.78, 5) is 14.4. The lowest BCUT2D eigenvalue weighted by molar-refractivity contribution is 0.0962. The first-order chi connectivity index (χ1) is 11.7. The van der Waals surface area contributed by atoms with Crippen LogP contribution in [0.2, 0.25) is 0 Å². The first-order valence-corrected chi connectivity index (χ1v) is 8.49. The van der Waals surface area contributed by atoms with Crippen LogP contribution < -0.4 is 10.6 Å². The SMILES string of the molecule is CCn1cc(CN2CCNC[C@@H]2c2cccc(C(=O)NC)c2)cn1. The number of rotatable bonds is 5. The number of amides is 1. The zero-order chi connectivity index (χ0) is 16.9. The van der Waals surface area contributed by atoms with Gasteiger partial charge in [-0.1, -0.05) is 12.1 Å². The zero-order valence-corrected chi connectivity index (χ0v) is 14.3. The molecule has 0 bridgehead atoms. The summed E-state index contributed by atoms with van der Waals surface area (Å²) in [6, 6.07) is 8.18. The molecule has 2 N–H and O–H groups in total. The molecular formula is C18H25N5O. The van der Waals surface area contributed by atoms with Gasteiger partial charge in [0.15, 0.2) is 0 Å². The molecule has 2 heterocycles. The molecule has 1 aliphatic rings. The highest BCUT2D eigenvalue weighted by Gasteiger charge is 2.24. The van der Waals surface area contributed by atoms with Gasteiger partial charge in [0.05, 0.1) is 6.20 Å². The maximum Gasteiger partial charge on any atom is 0.251 e. The molecule has 1 fully saturated rings. The highest BCUT2D eigenvalue weighted by atomic mass is 16.1. The third kappa shape index (κ3) is 3.66. The van der Waals surface area contributed by atoms with Crippen molar-refractivity contribution >= 4 is 5.91 Å². The van der Waals surface area contributed by atoms with Gasteiger partial charge < -0.3 is 10.6 Å². The van der Waals surface area contributed by atoms with Crippen LogP contribution >= 0.6 is 0 Å². The molecule has 24 heavy (non-hydrogen) atoms. The van der Waals surface area contributed by atoms with Crippen molar-refractivity contribution in [2.45, 2.75) is 26.1 Å². The molecular weight excluding hydrogens is 302 g/mol. The van der Waals surface area contributed by atoms with Gasteiger partial charge in [-0.15, -0.1) is 0 Å². The molecule has 0 spiro atoms. The van der Waals surface area contributed by atoms with E-state index in [1.807, 2.05) is 29.1 Å². The van der Waals surface area contributed by atoms with Crippen molar-refractivity contribution < 1.29 is 4.79 Å². The second-order valence-electron chi connectivity index (χ2n) is 6.10. The van der Waals surface area contributed by atoms with E-state index < -0.39 is 0 Å². The first-order valence-electron chi connectivity index (χ1n) is 8.49. The van der Waals surface area contributed by atoms with Crippen LogP contribution in [0, 0.1) is 0 Å². The fraction of sp³-hybridized carbons (Fsp3) is 0.444. The van der Waals surface area contributed by atoms with E-state index >= 15 is 0 Å². The predicted molar refractivity (Wildman–Crippen MR) is 93.8 cm³/mol. The Morgan fingerprint density at radius 1 is 1.46 bits per heavy atom. The molecule has 1 saturated heterocycles.